The molecule has 0 spiro atoms. The van der Waals surface area contributed by atoms with E-state index in [-0.39, 0.29) is 0 Å². The fourth-order valence-electron chi connectivity index (χ4n) is 3.31. The van der Waals surface area contributed by atoms with E-state index in [1.165, 1.54) is 6.42 Å². The van der Waals surface area contributed by atoms with Crippen LogP contribution in [-0.4, -0.2) is 57.6 Å². The number of hydrogen-bond acceptors (Lipinski definition) is 4. The number of piperidine rings is 1. The minimum atomic E-state index is 0.415. The lowest BCUT2D eigenvalue weighted by Crippen LogP contribution is -2.46. The van der Waals surface area contributed by atoms with Gasteiger partial charge in [0.25, 0.3) is 0 Å². The number of likely N-dealkylation sites (tertiary alicyclic amines) is 2. The van der Waals surface area contributed by atoms with Crippen LogP contribution in [0.5, 0.6) is 0 Å². The Hall–Kier alpha value is -0.620. The quantitative estimate of drug-likeness (QED) is 0.907. The zero-order valence-electron chi connectivity index (χ0n) is 12.1. The number of aromatic nitrogens is 2. The van der Waals surface area contributed by atoms with E-state index in [1.54, 1.807) is 6.20 Å². The van der Waals surface area contributed by atoms with Crippen LogP contribution >= 0.6 is 11.6 Å². The van der Waals surface area contributed by atoms with Gasteiger partial charge in [0.1, 0.15) is 11.0 Å². The van der Waals surface area contributed by atoms with Gasteiger partial charge in [-0.1, -0.05) is 11.6 Å². The van der Waals surface area contributed by atoms with Crippen molar-refractivity contribution >= 4 is 11.6 Å². The minimum absolute atomic E-state index is 0.415. The van der Waals surface area contributed by atoms with Gasteiger partial charge in [0.05, 0.1) is 12.7 Å². The summed E-state index contributed by atoms with van der Waals surface area (Å²) in [6.45, 7) is 5.51. The topological polar surface area (TPSA) is 50.3 Å². The Balaban J connectivity index is 1.53. The molecule has 2 aliphatic rings. The summed E-state index contributed by atoms with van der Waals surface area (Å²) < 4.78 is 1.97. The molecule has 0 aromatic carbocycles. The van der Waals surface area contributed by atoms with Gasteiger partial charge in [-0.15, -0.1) is 0 Å². The normalized spacial score (nSPS) is 26.4. The Labute approximate surface area is 125 Å². The van der Waals surface area contributed by atoms with Crippen molar-refractivity contribution in [2.24, 2.45) is 12.8 Å². The van der Waals surface area contributed by atoms with Gasteiger partial charge >= 0.3 is 0 Å². The molecule has 1 atom stereocenters. The van der Waals surface area contributed by atoms with Crippen LogP contribution in [0.15, 0.2) is 6.20 Å². The zero-order chi connectivity index (χ0) is 14.1. The summed E-state index contributed by atoms with van der Waals surface area (Å²) in [5.74, 6) is 1.05. The molecule has 112 valence electrons. The standard InChI is InChI=1S/C14H24ClN5/c1-18-13(15)8-17-14(18)10-19-5-4-12(9-19)20-6-2-11(16)3-7-20/h8,11-12H,2-7,9-10,16H2,1H3. The minimum Gasteiger partial charge on any atom is -0.328 e. The molecular weight excluding hydrogens is 274 g/mol. The smallest absolute Gasteiger partial charge is 0.128 e. The molecule has 0 amide bonds. The van der Waals surface area contributed by atoms with Gasteiger partial charge in [0.15, 0.2) is 0 Å². The van der Waals surface area contributed by atoms with Gasteiger partial charge < -0.3 is 10.3 Å². The second-order valence-electron chi connectivity index (χ2n) is 6.11. The van der Waals surface area contributed by atoms with E-state index in [4.69, 9.17) is 17.3 Å². The van der Waals surface area contributed by atoms with E-state index in [1.807, 2.05) is 11.6 Å². The molecule has 0 saturated carbocycles. The van der Waals surface area contributed by atoms with Crippen LogP contribution in [-0.2, 0) is 13.6 Å². The largest absolute Gasteiger partial charge is 0.328 e. The molecule has 0 aliphatic carbocycles. The first-order chi connectivity index (χ1) is 9.63. The molecule has 1 aromatic rings. The SMILES string of the molecule is Cn1c(Cl)cnc1CN1CCC(N2CCC(N)CC2)C1. The molecule has 1 unspecified atom stereocenters. The molecule has 0 bridgehead atoms. The third-order valence-corrected chi connectivity index (χ3v) is 5.08. The summed E-state index contributed by atoms with van der Waals surface area (Å²) in [6, 6.07) is 1.11. The summed E-state index contributed by atoms with van der Waals surface area (Å²) in [5.41, 5.74) is 5.98. The lowest BCUT2D eigenvalue weighted by atomic mass is 10.0. The first kappa shape index (κ1) is 14.3. The Morgan fingerprint density at radius 2 is 2.05 bits per heavy atom. The third kappa shape index (κ3) is 3.01. The van der Waals surface area contributed by atoms with Gasteiger partial charge in [-0.05, 0) is 32.4 Å². The average molecular weight is 298 g/mol. The van der Waals surface area contributed by atoms with Crippen molar-refractivity contribution in [2.45, 2.75) is 37.9 Å². The first-order valence-corrected chi connectivity index (χ1v) is 7.89. The highest BCUT2D eigenvalue weighted by Gasteiger charge is 2.30. The van der Waals surface area contributed by atoms with E-state index >= 15 is 0 Å². The van der Waals surface area contributed by atoms with E-state index < -0.39 is 0 Å². The summed E-state index contributed by atoms with van der Waals surface area (Å²) in [4.78, 5) is 9.49. The molecule has 2 N–H and O–H groups in total. The summed E-state index contributed by atoms with van der Waals surface area (Å²) in [6.07, 6.45) is 5.28. The van der Waals surface area contributed by atoms with Crippen LogP contribution in [0.25, 0.3) is 0 Å². The van der Waals surface area contributed by atoms with Crippen molar-refractivity contribution in [3.05, 3.63) is 17.2 Å². The van der Waals surface area contributed by atoms with Gasteiger partial charge in [0.2, 0.25) is 0 Å². The maximum Gasteiger partial charge on any atom is 0.128 e. The van der Waals surface area contributed by atoms with Crippen molar-refractivity contribution < 1.29 is 0 Å². The fourth-order valence-corrected chi connectivity index (χ4v) is 3.46. The first-order valence-electron chi connectivity index (χ1n) is 7.51. The van der Waals surface area contributed by atoms with Crippen LogP contribution < -0.4 is 5.73 Å². The van der Waals surface area contributed by atoms with Crippen molar-refractivity contribution in [3.63, 3.8) is 0 Å². The van der Waals surface area contributed by atoms with Crippen molar-refractivity contribution in [1.29, 1.82) is 0 Å². The summed E-state index contributed by atoms with van der Waals surface area (Å²) >= 11 is 6.04. The number of imidazole rings is 1. The molecule has 2 fully saturated rings. The second-order valence-corrected chi connectivity index (χ2v) is 6.49. The molecule has 3 rings (SSSR count). The number of rotatable bonds is 3. The van der Waals surface area contributed by atoms with E-state index in [2.05, 4.69) is 14.8 Å². The molecule has 6 heteroatoms. The lowest BCUT2D eigenvalue weighted by molar-refractivity contribution is 0.151. The van der Waals surface area contributed by atoms with Gasteiger partial charge in [-0.25, -0.2) is 4.98 Å². The van der Waals surface area contributed by atoms with Crippen molar-refractivity contribution in [2.75, 3.05) is 26.2 Å². The Morgan fingerprint density at radius 1 is 1.30 bits per heavy atom. The molecule has 20 heavy (non-hydrogen) atoms. The lowest BCUT2D eigenvalue weighted by Gasteiger charge is -2.34. The number of nitrogens with zero attached hydrogens (tertiary/aromatic N) is 4. The fraction of sp³-hybridized carbons (Fsp3) is 0.786. The highest BCUT2D eigenvalue weighted by atomic mass is 35.5. The maximum absolute atomic E-state index is 6.04. The Morgan fingerprint density at radius 3 is 2.70 bits per heavy atom. The van der Waals surface area contributed by atoms with Gasteiger partial charge in [0, 0.05) is 32.2 Å². The average Bonchev–Trinajstić information content (AvgIpc) is 3.02. The summed E-state index contributed by atoms with van der Waals surface area (Å²) in [7, 11) is 1.98. The molecule has 5 nitrogen and oxygen atoms in total. The van der Waals surface area contributed by atoms with Crippen LogP contribution in [0.3, 0.4) is 0 Å². The summed E-state index contributed by atoms with van der Waals surface area (Å²) in [5, 5.41) is 0.709. The second kappa shape index (κ2) is 6.02. The van der Waals surface area contributed by atoms with Crippen LogP contribution in [0.4, 0.5) is 0 Å². The predicted octanol–water partition coefficient (Wildman–Crippen LogP) is 1.07. The predicted molar refractivity (Wildman–Crippen MR) is 80.7 cm³/mol. The molecule has 3 heterocycles. The highest BCUT2D eigenvalue weighted by molar-refractivity contribution is 6.29. The highest BCUT2D eigenvalue weighted by Crippen LogP contribution is 2.21. The van der Waals surface area contributed by atoms with Crippen LogP contribution in [0.1, 0.15) is 25.1 Å². The van der Waals surface area contributed by atoms with E-state index in [0.717, 1.165) is 51.4 Å². The number of nitrogens with two attached hydrogens (primary N) is 1. The molecule has 2 saturated heterocycles. The van der Waals surface area contributed by atoms with Gasteiger partial charge in [-0.2, -0.15) is 0 Å². The molecule has 1 aromatic heterocycles. The zero-order valence-corrected chi connectivity index (χ0v) is 12.9. The Bertz CT molecular complexity index is 452. The van der Waals surface area contributed by atoms with E-state index in [9.17, 15) is 0 Å². The monoisotopic (exact) mass is 297 g/mol. The maximum atomic E-state index is 6.04. The van der Waals surface area contributed by atoms with Crippen LogP contribution in [0, 0.1) is 0 Å². The molecule has 2 aliphatic heterocycles. The molecule has 0 radical (unpaired) electrons. The van der Waals surface area contributed by atoms with E-state index in [0.29, 0.717) is 17.2 Å². The number of hydrogen-bond donors (Lipinski definition) is 1. The van der Waals surface area contributed by atoms with Crippen molar-refractivity contribution in [1.82, 2.24) is 19.4 Å². The number of halogens is 1. The Kier molecular flexibility index (Phi) is 4.31. The van der Waals surface area contributed by atoms with Crippen LogP contribution in [0.2, 0.25) is 5.15 Å². The molecular formula is C14H24ClN5. The third-order valence-electron chi connectivity index (χ3n) is 4.73. The van der Waals surface area contributed by atoms with Crippen molar-refractivity contribution in [3.8, 4) is 0 Å². The van der Waals surface area contributed by atoms with Gasteiger partial charge in [-0.3, -0.25) is 9.80 Å².